The van der Waals surface area contributed by atoms with Crippen molar-refractivity contribution in [1.82, 2.24) is 9.78 Å². The zero-order valence-electron chi connectivity index (χ0n) is 7.76. The van der Waals surface area contributed by atoms with Crippen molar-refractivity contribution in [3.05, 3.63) is 11.9 Å². The molecule has 7 heteroatoms. The van der Waals surface area contributed by atoms with E-state index >= 15 is 0 Å². The van der Waals surface area contributed by atoms with E-state index in [4.69, 9.17) is 10.8 Å². The molecule has 2 amide bonds. The molecule has 1 aromatic heterocycles. The second-order valence-electron chi connectivity index (χ2n) is 2.71. The Hall–Kier alpha value is -2.05. The number of aryl methyl sites for hydroxylation is 1. The van der Waals surface area contributed by atoms with Crippen LogP contribution in [0.25, 0.3) is 0 Å². The Morgan fingerprint density at radius 1 is 1.64 bits per heavy atom. The number of anilines is 1. The Bertz CT molecular complexity index is 384. The molecule has 1 rings (SSSR count). The highest BCUT2D eigenvalue weighted by Gasteiger charge is 2.20. The van der Waals surface area contributed by atoms with Crippen molar-refractivity contribution < 1.29 is 14.7 Å². The normalized spacial score (nSPS) is 9.86. The van der Waals surface area contributed by atoms with Gasteiger partial charge in [-0.05, 0) is 0 Å². The number of rotatable bonds is 2. The summed E-state index contributed by atoms with van der Waals surface area (Å²) < 4.78 is 1.23. The van der Waals surface area contributed by atoms with E-state index in [1.165, 1.54) is 25.0 Å². The third kappa shape index (κ3) is 1.51. The fraction of sp³-hybridized carbons (Fsp3) is 0.286. The minimum absolute atomic E-state index is 0.0647. The van der Waals surface area contributed by atoms with Crippen molar-refractivity contribution in [2.75, 3.05) is 11.9 Å². The van der Waals surface area contributed by atoms with Crippen LogP contribution in [0.15, 0.2) is 6.20 Å². The highest BCUT2D eigenvalue weighted by molar-refractivity contribution is 6.00. The number of nitrogens with two attached hydrogens (primary N) is 1. The molecule has 0 aliphatic rings. The van der Waals surface area contributed by atoms with Crippen LogP contribution in [0, 0.1) is 0 Å². The summed E-state index contributed by atoms with van der Waals surface area (Å²) >= 11 is 0. The summed E-state index contributed by atoms with van der Waals surface area (Å²) in [4.78, 5) is 22.5. The second-order valence-corrected chi connectivity index (χ2v) is 2.71. The number of carbonyl (C=O) groups is 2. The van der Waals surface area contributed by atoms with Gasteiger partial charge in [0.05, 0.1) is 11.9 Å². The number of amides is 2. The van der Waals surface area contributed by atoms with E-state index in [0.717, 1.165) is 4.90 Å². The Kier molecular flexibility index (Phi) is 2.41. The van der Waals surface area contributed by atoms with Crippen LogP contribution >= 0.6 is 0 Å². The predicted octanol–water partition coefficient (Wildman–Crippen LogP) is -0.367. The number of aromatic nitrogens is 2. The van der Waals surface area contributed by atoms with Gasteiger partial charge in [-0.15, -0.1) is 0 Å². The molecule has 7 nitrogen and oxygen atoms in total. The molecule has 0 aliphatic carbocycles. The van der Waals surface area contributed by atoms with Crippen molar-refractivity contribution in [2.24, 2.45) is 12.8 Å². The van der Waals surface area contributed by atoms with Gasteiger partial charge in [-0.1, -0.05) is 0 Å². The monoisotopic (exact) mass is 198 g/mol. The number of hydrogen-bond acceptors (Lipinski definition) is 3. The molecule has 1 aromatic rings. The summed E-state index contributed by atoms with van der Waals surface area (Å²) in [5.74, 6) is -0.715. The molecule has 1 heterocycles. The fourth-order valence-electron chi connectivity index (χ4n) is 1.06. The van der Waals surface area contributed by atoms with Crippen LogP contribution in [-0.2, 0) is 7.05 Å². The van der Waals surface area contributed by atoms with Crippen LogP contribution in [0.5, 0.6) is 0 Å². The molecule has 0 fully saturated rings. The minimum Gasteiger partial charge on any atom is -0.465 e. The van der Waals surface area contributed by atoms with Crippen molar-refractivity contribution >= 4 is 17.7 Å². The Morgan fingerprint density at radius 2 is 2.21 bits per heavy atom. The zero-order chi connectivity index (χ0) is 10.9. The summed E-state index contributed by atoms with van der Waals surface area (Å²) in [5.41, 5.74) is 5.32. The van der Waals surface area contributed by atoms with E-state index in [2.05, 4.69) is 5.10 Å². The largest absolute Gasteiger partial charge is 0.465 e. The zero-order valence-corrected chi connectivity index (χ0v) is 7.76. The molecule has 0 aliphatic heterocycles. The molecule has 0 saturated carbocycles. The lowest BCUT2D eigenvalue weighted by molar-refractivity contribution is 0.0992. The van der Waals surface area contributed by atoms with E-state index in [1.807, 2.05) is 0 Å². The highest BCUT2D eigenvalue weighted by Crippen LogP contribution is 2.17. The molecule has 0 atom stereocenters. The predicted molar refractivity (Wildman–Crippen MR) is 48.2 cm³/mol. The minimum atomic E-state index is -1.18. The number of nitrogens with zero attached hydrogens (tertiary/aromatic N) is 3. The number of primary amides is 1. The van der Waals surface area contributed by atoms with Gasteiger partial charge < -0.3 is 10.8 Å². The standard InChI is InChI=1S/C7H10N4O3/c1-10(7(13)14)4-3-9-11(2)5(4)6(8)12/h3H,1-2H3,(H2,8,12)(H,13,14). The van der Waals surface area contributed by atoms with Gasteiger partial charge in [0.2, 0.25) is 0 Å². The van der Waals surface area contributed by atoms with Crippen LogP contribution in [0.1, 0.15) is 10.5 Å². The van der Waals surface area contributed by atoms with Crippen LogP contribution in [-0.4, -0.2) is 33.9 Å². The van der Waals surface area contributed by atoms with E-state index in [9.17, 15) is 9.59 Å². The fourth-order valence-corrected chi connectivity index (χ4v) is 1.06. The summed E-state index contributed by atoms with van der Waals surface area (Å²) in [6.45, 7) is 0. The quantitative estimate of drug-likeness (QED) is 0.677. The molecule has 14 heavy (non-hydrogen) atoms. The summed E-state index contributed by atoms with van der Waals surface area (Å²) in [6, 6.07) is 0. The Labute approximate surface area is 79.7 Å². The molecule has 0 spiro atoms. The van der Waals surface area contributed by atoms with E-state index in [1.54, 1.807) is 0 Å². The second kappa shape index (κ2) is 3.36. The van der Waals surface area contributed by atoms with E-state index in [-0.39, 0.29) is 11.4 Å². The number of hydrogen-bond donors (Lipinski definition) is 2. The van der Waals surface area contributed by atoms with Gasteiger partial charge in [0.1, 0.15) is 5.69 Å². The summed E-state index contributed by atoms with van der Waals surface area (Å²) in [6.07, 6.45) is 0.0919. The Balaban J connectivity index is 3.22. The molecule has 0 radical (unpaired) electrons. The SMILES string of the molecule is CN(C(=O)O)c1cnn(C)c1C(N)=O. The lowest BCUT2D eigenvalue weighted by Crippen LogP contribution is -2.27. The molecule has 0 unspecified atom stereocenters. The van der Waals surface area contributed by atoms with Crippen molar-refractivity contribution in [2.45, 2.75) is 0 Å². The summed E-state index contributed by atoms with van der Waals surface area (Å²) in [7, 11) is 2.82. The van der Waals surface area contributed by atoms with Gasteiger partial charge in [-0.3, -0.25) is 14.4 Å². The third-order valence-corrected chi connectivity index (χ3v) is 1.80. The van der Waals surface area contributed by atoms with Crippen LogP contribution in [0.2, 0.25) is 0 Å². The lowest BCUT2D eigenvalue weighted by Gasteiger charge is -2.11. The average Bonchev–Trinajstić information content (AvgIpc) is 2.45. The number of carbonyl (C=O) groups excluding carboxylic acids is 1. The molecular formula is C7H10N4O3. The highest BCUT2D eigenvalue weighted by atomic mass is 16.4. The van der Waals surface area contributed by atoms with Gasteiger partial charge in [0.15, 0.2) is 0 Å². The van der Waals surface area contributed by atoms with Gasteiger partial charge >= 0.3 is 6.09 Å². The van der Waals surface area contributed by atoms with E-state index in [0.29, 0.717) is 0 Å². The van der Waals surface area contributed by atoms with Crippen molar-refractivity contribution in [1.29, 1.82) is 0 Å². The van der Waals surface area contributed by atoms with Crippen molar-refractivity contribution in [3.63, 3.8) is 0 Å². The van der Waals surface area contributed by atoms with Crippen molar-refractivity contribution in [3.8, 4) is 0 Å². The summed E-state index contributed by atoms with van der Waals surface area (Å²) in [5, 5.41) is 12.4. The average molecular weight is 198 g/mol. The Morgan fingerprint density at radius 3 is 2.64 bits per heavy atom. The molecule has 76 valence electrons. The molecule has 3 N–H and O–H groups in total. The first kappa shape index (κ1) is 10.0. The number of carboxylic acid groups (broad SMARTS) is 1. The topological polar surface area (TPSA) is 101 Å². The van der Waals surface area contributed by atoms with Crippen LogP contribution < -0.4 is 10.6 Å². The first-order chi connectivity index (χ1) is 6.45. The van der Waals surface area contributed by atoms with Gasteiger partial charge in [0.25, 0.3) is 5.91 Å². The first-order valence-electron chi connectivity index (χ1n) is 3.73. The molecule has 0 aromatic carbocycles. The maximum atomic E-state index is 11.0. The first-order valence-corrected chi connectivity index (χ1v) is 3.73. The van der Waals surface area contributed by atoms with Gasteiger partial charge in [0, 0.05) is 14.1 Å². The van der Waals surface area contributed by atoms with Crippen LogP contribution in [0.4, 0.5) is 10.5 Å². The van der Waals surface area contributed by atoms with Crippen LogP contribution in [0.3, 0.4) is 0 Å². The van der Waals surface area contributed by atoms with Gasteiger partial charge in [-0.2, -0.15) is 5.10 Å². The van der Waals surface area contributed by atoms with E-state index < -0.39 is 12.0 Å². The lowest BCUT2D eigenvalue weighted by atomic mass is 10.3. The third-order valence-electron chi connectivity index (χ3n) is 1.80. The maximum Gasteiger partial charge on any atom is 0.411 e. The molecule has 0 bridgehead atoms. The molecular weight excluding hydrogens is 188 g/mol. The smallest absolute Gasteiger partial charge is 0.411 e. The maximum absolute atomic E-state index is 11.0. The van der Waals surface area contributed by atoms with Gasteiger partial charge in [-0.25, -0.2) is 4.79 Å². The molecule has 0 saturated heterocycles.